The van der Waals surface area contributed by atoms with Crippen molar-refractivity contribution in [3.8, 4) is 16.4 Å². The maximum Gasteiger partial charge on any atom is 0.355 e. The van der Waals surface area contributed by atoms with Crippen molar-refractivity contribution in [2.24, 2.45) is 11.1 Å². The van der Waals surface area contributed by atoms with E-state index < -0.39 is 38.4 Å². The summed E-state index contributed by atoms with van der Waals surface area (Å²) in [6, 6.07) is 7.86. The van der Waals surface area contributed by atoms with Crippen LogP contribution in [0, 0.1) is 17.6 Å². The van der Waals surface area contributed by atoms with Gasteiger partial charge in [0.25, 0.3) is 5.91 Å². The average molecular weight is 628 g/mol. The van der Waals surface area contributed by atoms with Gasteiger partial charge in [-0.05, 0) is 73.9 Å². The first-order valence-corrected chi connectivity index (χ1v) is 16.1. The maximum absolute atomic E-state index is 15.0. The Morgan fingerprint density at radius 1 is 1.07 bits per heavy atom. The van der Waals surface area contributed by atoms with E-state index in [-0.39, 0.29) is 17.7 Å². The Kier molecular flexibility index (Phi) is 7.60. The molecule has 2 fully saturated rings. The lowest BCUT2D eigenvalue weighted by Gasteiger charge is -2.16. The zero-order chi connectivity index (χ0) is 30.5. The molecule has 10 nitrogen and oxygen atoms in total. The number of carbonyl (C=O) groups excluding carboxylic acids is 1. The Bertz CT molecular complexity index is 1860. The fraction of sp³-hybridized carbons (Fsp3) is 0.310. The van der Waals surface area contributed by atoms with Crippen molar-refractivity contribution in [3.63, 3.8) is 0 Å². The second-order valence-corrected chi connectivity index (χ2v) is 13.2. The van der Waals surface area contributed by atoms with Gasteiger partial charge in [-0.3, -0.25) is 4.79 Å². The van der Waals surface area contributed by atoms with E-state index in [1.807, 2.05) is 0 Å². The molecule has 2 aliphatic rings. The number of amides is 1. The fourth-order valence-corrected chi connectivity index (χ4v) is 6.70. The SMILES string of the molecule is NS(=O)(=O)c1ccc(Cc2c(-c3ccc(F)c(C(=O)N4CCCC4)c3)nn(-c3nc(C(=O)O)cs3)c2CC2CC2)cc1F. The number of halogens is 2. The second-order valence-electron chi connectivity index (χ2n) is 10.8. The minimum absolute atomic E-state index is 0.0883. The van der Waals surface area contributed by atoms with Gasteiger partial charge in [-0.1, -0.05) is 6.07 Å². The number of likely N-dealkylation sites (tertiary alicyclic amines) is 1. The van der Waals surface area contributed by atoms with E-state index in [4.69, 9.17) is 10.2 Å². The van der Waals surface area contributed by atoms with Crippen LogP contribution in [0.2, 0.25) is 0 Å². The minimum atomic E-state index is -4.27. The van der Waals surface area contributed by atoms with Gasteiger partial charge in [-0.25, -0.2) is 36.8 Å². The number of benzene rings is 2. The first kappa shape index (κ1) is 29.1. The maximum atomic E-state index is 15.0. The van der Waals surface area contributed by atoms with Crippen molar-refractivity contribution in [1.29, 1.82) is 0 Å². The molecule has 0 bridgehead atoms. The third-order valence-corrected chi connectivity index (χ3v) is 9.47. The molecule has 43 heavy (non-hydrogen) atoms. The van der Waals surface area contributed by atoms with E-state index >= 15 is 0 Å². The number of aromatic nitrogens is 3. The van der Waals surface area contributed by atoms with Crippen LogP contribution in [-0.2, 0) is 22.9 Å². The molecule has 3 N–H and O–H groups in total. The van der Waals surface area contributed by atoms with Crippen molar-refractivity contribution in [2.75, 3.05) is 13.1 Å². The minimum Gasteiger partial charge on any atom is -0.476 e. The van der Waals surface area contributed by atoms with Gasteiger partial charge in [-0.15, -0.1) is 11.3 Å². The average Bonchev–Trinajstić information content (AvgIpc) is 3.31. The number of hydrogen-bond acceptors (Lipinski definition) is 7. The van der Waals surface area contributed by atoms with E-state index in [0.29, 0.717) is 52.9 Å². The molecule has 6 rings (SSSR count). The lowest BCUT2D eigenvalue weighted by atomic mass is 9.96. The monoisotopic (exact) mass is 627 g/mol. The van der Waals surface area contributed by atoms with Crippen LogP contribution in [0.15, 0.2) is 46.7 Å². The molecule has 4 aromatic rings. The molecule has 1 amide bonds. The summed E-state index contributed by atoms with van der Waals surface area (Å²) in [6.45, 7) is 1.09. The summed E-state index contributed by atoms with van der Waals surface area (Å²) in [5.41, 5.74) is 2.42. The number of thiazole rings is 1. The number of nitrogens with two attached hydrogens (primary N) is 1. The Morgan fingerprint density at radius 2 is 1.81 bits per heavy atom. The molecular formula is C29H27F2N5O5S2. The molecule has 2 aromatic carbocycles. The lowest BCUT2D eigenvalue weighted by Crippen LogP contribution is -2.28. The molecule has 224 valence electrons. The number of hydrogen-bond donors (Lipinski definition) is 2. The van der Waals surface area contributed by atoms with Crippen molar-refractivity contribution in [2.45, 2.75) is 43.4 Å². The van der Waals surface area contributed by atoms with Crippen LogP contribution in [-0.4, -0.2) is 58.2 Å². The molecule has 1 aliphatic carbocycles. The van der Waals surface area contributed by atoms with Gasteiger partial charge >= 0.3 is 5.97 Å². The van der Waals surface area contributed by atoms with Crippen molar-refractivity contribution in [1.82, 2.24) is 19.7 Å². The number of primary sulfonamides is 1. The number of nitrogens with zero attached hydrogens (tertiary/aromatic N) is 4. The van der Waals surface area contributed by atoms with Crippen LogP contribution < -0.4 is 5.14 Å². The summed E-state index contributed by atoms with van der Waals surface area (Å²) in [7, 11) is -4.27. The molecule has 3 heterocycles. The largest absolute Gasteiger partial charge is 0.476 e. The second kappa shape index (κ2) is 11.2. The summed E-state index contributed by atoms with van der Waals surface area (Å²) < 4.78 is 55.0. The van der Waals surface area contributed by atoms with Crippen molar-refractivity contribution >= 4 is 33.2 Å². The van der Waals surface area contributed by atoms with Crippen molar-refractivity contribution in [3.05, 3.63) is 81.5 Å². The first-order valence-electron chi connectivity index (χ1n) is 13.7. The molecule has 1 saturated heterocycles. The van der Waals surface area contributed by atoms with E-state index in [9.17, 15) is 31.9 Å². The van der Waals surface area contributed by atoms with Gasteiger partial charge in [0.1, 0.15) is 16.5 Å². The number of carboxylic acids is 1. The highest BCUT2D eigenvalue weighted by Crippen LogP contribution is 2.38. The van der Waals surface area contributed by atoms with Crippen LogP contribution in [0.3, 0.4) is 0 Å². The van der Waals surface area contributed by atoms with Gasteiger partial charge in [0, 0.05) is 36.0 Å². The summed E-state index contributed by atoms with van der Waals surface area (Å²) in [6.07, 6.45) is 4.35. The van der Waals surface area contributed by atoms with E-state index in [2.05, 4.69) is 4.98 Å². The highest BCUT2D eigenvalue weighted by Gasteiger charge is 2.30. The molecular weight excluding hydrogens is 600 g/mol. The van der Waals surface area contributed by atoms with Crippen LogP contribution in [0.25, 0.3) is 16.4 Å². The fourth-order valence-electron chi connectivity index (χ4n) is 5.34. The number of carboxylic acid groups (broad SMARTS) is 1. The third-order valence-electron chi connectivity index (χ3n) is 7.71. The number of aromatic carboxylic acids is 1. The number of rotatable bonds is 9. The van der Waals surface area contributed by atoms with Crippen LogP contribution in [0.1, 0.15) is 63.4 Å². The summed E-state index contributed by atoms with van der Waals surface area (Å²) in [5.74, 6) is -2.91. The van der Waals surface area contributed by atoms with E-state index in [0.717, 1.165) is 54.8 Å². The smallest absolute Gasteiger partial charge is 0.355 e. The normalized spacial score (nSPS) is 15.3. The highest BCUT2D eigenvalue weighted by molar-refractivity contribution is 7.89. The molecule has 1 saturated carbocycles. The molecule has 0 atom stereocenters. The van der Waals surface area contributed by atoms with Gasteiger partial charge in [0.05, 0.1) is 17.0 Å². The summed E-state index contributed by atoms with van der Waals surface area (Å²) >= 11 is 1.10. The predicted octanol–water partition coefficient (Wildman–Crippen LogP) is 4.40. The Morgan fingerprint density at radius 3 is 2.44 bits per heavy atom. The molecule has 0 spiro atoms. The Balaban J connectivity index is 1.51. The van der Waals surface area contributed by atoms with Gasteiger partial charge < -0.3 is 10.0 Å². The molecule has 0 radical (unpaired) electrons. The quantitative estimate of drug-likeness (QED) is 0.279. The first-order chi connectivity index (χ1) is 20.5. The lowest BCUT2D eigenvalue weighted by molar-refractivity contribution is 0.0690. The topological polar surface area (TPSA) is 148 Å². The molecule has 14 heteroatoms. The van der Waals surface area contributed by atoms with Gasteiger partial charge in [-0.2, -0.15) is 5.10 Å². The Hall–Kier alpha value is -4.01. The van der Waals surface area contributed by atoms with Crippen LogP contribution in [0.4, 0.5) is 8.78 Å². The zero-order valence-corrected chi connectivity index (χ0v) is 24.4. The number of carbonyl (C=O) groups is 2. The van der Waals surface area contributed by atoms with Gasteiger partial charge in [0.15, 0.2) is 5.69 Å². The van der Waals surface area contributed by atoms with E-state index in [1.165, 1.54) is 29.6 Å². The molecule has 1 aliphatic heterocycles. The van der Waals surface area contributed by atoms with Gasteiger partial charge in [0.2, 0.25) is 15.2 Å². The van der Waals surface area contributed by atoms with Crippen molar-refractivity contribution < 1.29 is 31.9 Å². The number of sulfonamides is 1. The predicted molar refractivity (Wildman–Crippen MR) is 154 cm³/mol. The summed E-state index contributed by atoms with van der Waals surface area (Å²) in [4.78, 5) is 30.0. The highest BCUT2D eigenvalue weighted by atomic mass is 32.2. The van der Waals surface area contributed by atoms with E-state index in [1.54, 1.807) is 9.58 Å². The van der Waals surface area contributed by atoms with Crippen LogP contribution >= 0.6 is 11.3 Å². The summed E-state index contributed by atoms with van der Waals surface area (Å²) in [5, 5.41) is 21.1. The zero-order valence-electron chi connectivity index (χ0n) is 22.8. The Labute approximate surface area is 249 Å². The standard InChI is InChI=1S/C29H27F2N5O5S2/c30-21-7-6-18(14-19(21)27(37)35-9-1-2-10-35)26-20(11-17-5-8-25(22(31)12-17)43(32,40)41)24(13-16-3-4-16)36(34-26)29-33-23(15-42-29)28(38)39/h5-8,12,14-16H,1-4,9-11,13H2,(H,38,39)(H2,32,40,41). The van der Waals surface area contributed by atoms with Crippen LogP contribution in [0.5, 0.6) is 0 Å². The molecule has 2 aromatic heterocycles. The molecule has 0 unspecified atom stereocenters. The third kappa shape index (κ3) is 5.94.